The normalized spacial score (nSPS) is 17.9. The summed E-state index contributed by atoms with van der Waals surface area (Å²) in [6.45, 7) is 13.4. The Morgan fingerprint density at radius 2 is 1.77 bits per heavy atom. The molecule has 0 amide bonds. The molecule has 26 heavy (non-hydrogen) atoms. The highest BCUT2D eigenvalue weighted by atomic mass is 16.7. The van der Waals surface area contributed by atoms with Crippen LogP contribution in [0.25, 0.3) is 0 Å². The lowest BCUT2D eigenvalue weighted by Gasteiger charge is -2.41. The van der Waals surface area contributed by atoms with Crippen molar-refractivity contribution >= 4 is 5.97 Å². The third-order valence-corrected chi connectivity index (χ3v) is 4.66. The molecule has 1 saturated heterocycles. The number of ether oxygens (including phenoxy) is 3. The van der Waals surface area contributed by atoms with E-state index in [9.17, 15) is 9.90 Å². The minimum atomic E-state index is -0.405. The van der Waals surface area contributed by atoms with E-state index in [0.29, 0.717) is 31.8 Å². The number of carbonyl (C=O) groups excluding carboxylic acids is 1. The quantitative estimate of drug-likeness (QED) is 0.775. The molecule has 1 aromatic carbocycles. The van der Waals surface area contributed by atoms with E-state index in [0.717, 1.165) is 16.7 Å². The van der Waals surface area contributed by atoms with Crippen molar-refractivity contribution in [2.45, 2.75) is 60.7 Å². The van der Waals surface area contributed by atoms with Crippen LogP contribution in [0.5, 0.6) is 5.75 Å². The number of rotatable bonds is 6. The van der Waals surface area contributed by atoms with Crippen molar-refractivity contribution in [2.75, 3.05) is 19.8 Å². The molecular formula is C21H32O5. The van der Waals surface area contributed by atoms with E-state index in [1.54, 1.807) is 0 Å². The van der Waals surface area contributed by atoms with E-state index < -0.39 is 5.41 Å². The molecule has 5 nitrogen and oxygen atoms in total. The van der Waals surface area contributed by atoms with Crippen LogP contribution in [-0.2, 0) is 25.4 Å². The maximum absolute atomic E-state index is 12.1. The van der Waals surface area contributed by atoms with E-state index in [-0.39, 0.29) is 24.3 Å². The molecule has 0 aromatic heterocycles. The van der Waals surface area contributed by atoms with Crippen LogP contribution in [-0.4, -0.2) is 37.2 Å². The first-order valence-corrected chi connectivity index (χ1v) is 9.18. The maximum atomic E-state index is 12.1. The van der Waals surface area contributed by atoms with Gasteiger partial charge in [-0.05, 0) is 37.0 Å². The van der Waals surface area contributed by atoms with Gasteiger partial charge in [0.05, 0.1) is 13.2 Å². The van der Waals surface area contributed by atoms with Gasteiger partial charge in [-0.15, -0.1) is 0 Å². The molecule has 0 spiro atoms. The van der Waals surface area contributed by atoms with E-state index in [4.69, 9.17) is 14.2 Å². The highest BCUT2D eigenvalue weighted by molar-refractivity contribution is 5.69. The maximum Gasteiger partial charge on any atom is 0.306 e. The standard InChI is InChI=1S/C21H32O5/c1-14-9-16(10-15(2)18(14)23)7-8-17(22)24-13-21(5,6)19-25-11-20(3,4)12-26-19/h9-10,19,23H,7-8,11-13H2,1-6H3. The van der Waals surface area contributed by atoms with Crippen LogP contribution in [0.1, 0.15) is 50.8 Å². The number of aromatic hydroxyl groups is 1. The fraction of sp³-hybridized carbons (Fsp3) is 0.667. The van der Waals surface area contributed by atoms with E-state index in [1.165, 1.54) is 0 Å². The number of aryl methyl sites for hydroxylation is 3. The van der Waals surface area contributed by atoms with Crippen molar-refractivity contribution in [3.8, 4) is 5.75 Å². The van der Waals surface area contributed by atoms with Crippen molar-refractivity contribution in [1.29, 1.82) is 0 Å². The van der Waals surface area contributed by atoms with E-state index >= 15 is 0 Å². The van der Waals surface area contributed by atoms with Gasteiger partial charge in [-0.3, -0.25) is 4.79 Å². The first kappa shape index (κ1) is 20.7. The molecule has 1 fully saturated rings. The van der Waals surface area contributed by atoms with Crippen molar-refractivity contribution < 1.29 is 24.1 Å². The first-order chi connectivity index (χ1) is 12.0. The van der Waals surface area contributed by atoms with Gasteiger partial charge in [0.1, 0.15) is 12.4 Å². The zero-order valence-corrected chi connectivity index (χ0v) is 16.8. The topological polar surface area (TPSA) is 65.0 Å². The number of benzene rings is 1. The van der Waals surface area contributed by atoms with Crippen LogP contribution >= 0.6 is 0 Å². The summed E-state index contributed by atoms with van der Waals surface area (Å²) in [5.41, 5.74) is 2.28. The molecule has 1 aliphatic heterocycles. The van der Waals surface area contributed by atoms with Crippen LogP contribution in [0.3, 0.4) is 0 Å². The minimum absolute atomic E-state index is 0.0175. The second-order valence-electron chi connectivity index (χ2n) is 8.85. The summed E-state index contributed by atoms with van der Waals surface area (Å²) in [5.74, 6) is 0.0753. The van der Waals surface area contributed by atoms with Crippen molar-refractivity contribution in [2.24, 2.45) is 10.8 Å². The van der Waals surface area contributed by atoms with Crippen LogP contribution in [0.2, 0.25) is 0 Å². The zero-order valence-electron chi connectivity index (χ0n) is 16.8. The van der Waals surface area contributed by atoms with Crippen LogP contribution in [0.4, 0.5) is 0 Å². The van der Waals surface area contributed by atoms with Crippen molar-refractivity contribution in [3.63, 3.8) is 0 Å². The lowest BCUT2D eigenvalue weighted by atomic mass is 9.90. The Bertz CT molecular complexity index is 615. The Kier molecular flexibility index (Phi) is 6.35. The third-order valence-electron chi connectivity index (χ3n) is 4.66. The third kappa shape index (κ3) is 5.45. The molecule has 2 rings (SSSR count). The van der Waals surface area contributed by atoms with E-state index in [2.05, 4.69) is 13.8 Å². The molecule has 1 aliphatic rings. The summed E-state index contributed by atoms with van der Waals surface area (Å²) >= 11 is 0. The summed E-state index contributed by atoms with van der Waals surface area (Å²) in [4.78, 5) is 12.1. The fourth-order valence-corrected chi connectivity index (χ4v) is 2.99. The van der Waals surface area contributed by atoms with Gasteiger partial charge in [0, 0.05) is 17.3 Å². The summed E-state index contributed by atoms with van der Waals surface area (Å²) in [6.07, 6.45) is 0.524. The zero-order chi connectivity index (χ0) is 19.5. The molecule has 1 aromatic rings. The smallest absolute Gasteiger partial charge is 0.306 e. The Morgan fingerprint density at radius 3 is 2.31 bits per heavy atom. The Hall–Kier alpha value is -1.59. The lowest BCUT2D eigenvalue weighted by molar-refractivity contribution is -0.269. The monoisotopic (exact) mass is 364 g/mol. The molecule has 1 heterocycles. The fourth-order valence-electron chi connectivity index (χ4n) is 2.99. The molecule has 0 saturated carbocycles. The van der Waals surface area contributed by atoms with Gasteiger partial charge in [-0.2, -0.15) is 0 Å². The number of phenolic OH excluding ortho intramolecular Hbond substituents is 1. The SMILES string of the molecule is Cc1cc(CCC(=O)OCC(C)(C)C2OCC(C)(C)CO2)cc(C)c1O. The largest absolute Gasteiger partial charge is 0.507 e. The molecule has 0 aliphatic carbocycles. The van der Waals surface area contributed by atoms with Crippen LogP contribution in [0, 0.1) is 24.7 Å². The average molecular weight is 364 g/mol. The minimum Gasteiger partial charge on any atom is -0.507 e. The predicted molar refractivity (Wildman–Crippen MR) is 100 cm³/mol. The number of carbonyl (C=O) groups is 1. The molecule has 0 unspecified atom stereocenters. The molecule has 1 N–H and O–H groups in total. The Morgan fingerprint density at radius 1 is 1.23 bits per heavy atom. The Labute approximate surface area is 156 Å². The lowest BCUT2D eigenvalue weighted by Crippen LogP contribution is -2.46. The van der Waals surface area contributed by atoms with Gasteiger partial charge in [0.15, 0.2) is 6.29 Å². The molecule has 0 radical (unpaired) electrons. The second kappa shape index (κ2) is 7.97. The predicted octanol–water partition coefficient (Wildman–Crippen LogP) is 3.91. The van der Waals surface area contributed by atoms with Crippen LogP contribution < -0.4 is 0 Å². The summed E-state index contributed by atoms with van der Waals surface area (Å²) in [5, 5.41) is 9.82. The molecule has 146 valence electrons. The second-order valence-corrected chi connectivity index (χ2v) is 8.85. The number of hydrogen-bond donors (Lipinski definition) is 1. The molecular weight excluding hydrogens is 332 g/mol. The summed E-state index contributed by atoms with van der Waals surface area (Å²) in [6, 6.07) is 3.82. The van der Waals surface area contributed by atoms with Gasteiger partial charge < -0.3 is 19.3 Å². The van der Waals surface area contributed by atoms with E-state index in [1.807, 2.05) is 39.8 Å². The van der Waals surface area contributed by atoms with Gasteiger partial charge in [0.25, 0.3) is 0 Å². The Balaban J connectivity index is 1.81. The summed E-state index contributed by atoms with van der Waals surface area (Å²) < 4.78 is 17.1. The average Bonchev–Trinajstić information content (AvgIpc) is 2.55. The highest BCUT2D eigenvalue weighted by Gasteiger charge is 2.38. The highest BCUT2D eigenvalue weighted by Crippen LogP contribution is 2.32. The first-order valence-electron chi connectivity index (χ1n) is 9.18. The van der Waals surface area contributed by atoms with Crippen LogP contribution in [0.15, 0.2) is 12.1 Å². The summed E-state index contributed by atoms with van der Waals surface area (Å²) in [7, 11) is 0. The molecule has 0 bridgehead atoms. The molecule has 0 atom stereocenters. The van der Waals surface area contributed by atoms with Gasteiger partial charge in [-0.1, -0.05) is 39.8 Å². The van der Waals surface area contributed by atoms with Gasteiger partial charge >= 0.3 is 5.97 Å². The van der Waals surface area contributed by atoms with Crippen molar-refractivity contribution in [3.05, 3.63) is 28.8 Å². The molecule has 5 heteroatoms. The van der Waals surface area contributed by atoms with Gasteiger partial charge in [-0.25, -0.2) is 0 Å². The number of hydrogen-bond acceptors (Lipinski definition) is 5. The van der Waals surface area contributed by atoms with Crippen molar-refractivity contribution in [1.82, 2.24) is 0 Å². The van der Waals surface area contributed by atoms with Gasteiger partial charge in [0.2, 0.25) is 0 Å². The number of phenols is 1. The number of esters is 1.